The number of alkyl halides is 2. The van der Waals surface area contributed by atoms with Crippen molar-refractivity contribution in [2.75, 3.05) is 5.32 Å². The third kappa shape index (κ3) is 3.98. The van der Waals surface area contributed by atoms with E-state index in [0.717, 1.165) is 10.6 Å². The van der Waals surface area contributed by atoms with Gasteiger partial charge in [-0.15, -0.1) is 11.3 Å². The maximum absolute atomic E-state index is 12.1. The molecule has 0 saturated carbocycles. The first-order valence-corrected chi connectivity index (χ1v) is 6.66. The van der Waals surface area contributed by atoms with E-state index in [0.29, 0.717) is 23.2 Å². The summed E-state index contributed by atoms with van der Waals surface area (Å²) in [6, 6.07) is 6.97. The first-order chi connectivity index (χ1) is 8.24. The molecule has 0 aliphatic heterocycles. The maximum atomic E-state index is 12.1. The monoisotopic (exact) mass is 272 g/mol. The van der Waals surface area contributed by atoms with E-state index in [9.17, 15) is 8.78 Å². The number of thiazole rings is 1. The molecule has 1 N–H and O–H groups in total. The lowest BCUT2D eigenvalue weighted by atomic mass is 10.3. The fourth-order valence-electron chi connectivity index (χ4n) is 1.27. The van der Waals surface area contributed by atoms with Crippen LogP contribution < -0.4 is 5.32 Å². The van der Waals surface area contributed by atoms with E-state index in [1.807, 2.05) is 0 Å². The standard InChI is InChI=1S/C11H10F2N2S2/c12-11(13)17-9-3-1-8(2-4-9)15-6-10-5-14-7-16-10/h1-5,7,11,15H,6H2. The number of benzene rings is 1. The number of hydrogen-bond acceptors (Lipinski definition) is 4. The number of anilines is 1. The summed E-state index contributed by atoms with van der Waals surface area (Å²) in [6.45, 7) is 0.700. The van der Waals surface area contributed by atoms with E-state index in [-0.39, 0.29) is 0 Å². The minimum absolute atomic E-state index is 0.554. The van der Waals surface area contributed by atoms with Crippen LogP contribution in [-0.4, -0.2) is 10.7 Å². The van der Waals surface area contributed by atoms with E-state index < -0.39 is 5.76 Å². The van der Waals surface area contributed by atoms with Crippen molar-refractivity contribution in [3.8, 4) is 0 Å². The summed E-state index contributed by atoms with van der Waals surface area (Å²) in [5.41, 5.74) is 2.69. The molecule has 0 spiro atoms. The molecule has 1 aromatic carbocycles. The van der Waals surface area contributed by atoms with Crippen molar-refractivity contribution in [2.24, 2.45) is 0 Å². The number of rotatable bonds is 5. The van der Waals surface area contributed by atoms with Crippen molar-refractivity contribution < 1.29 is 8.78 Å². The number of nitrogens with one attached hydrogen (secondary N) is 1. The minimum atomic E-state index is -2.37. The van der Waals surface area contributed by atoms with Crippen LogP contribution in [0.4, 0.5) is 14.5 Å². The average Bonchev–Trinajstić information content (AvgIpc) is 2.80. The van der Waals surface area contributed by atoms with Gasteiger partial charge in [0.2, 0.25) is 0 Å². The van der Waals surface area contributed by atoms with Gasteiger partial charge in [0.15, 0.2) is 0 Å². The van der Waals surface area contributed by atoms with Gasteiger partial charge in [-0.1, -0.05) is 11.8 Å². The third-order valence-electron chi connectivity index (χ3n) is 2.03. The molecule has 0 aliphatic carbocycles. The van der Waals surface area contributed by atoms with Gasteiger partial charge in [0.1, 0.15) is 0 Å². The molecular formula is C11H10F2N2S2. The maximum Gasteiger partial charge on any atom is 0.288 e. The molecule has 6 heteroatoms. The highest BCUT2D eigenvalue weighted by molar-refractivity contribution is 7.99. The fourth-order valence-corrected chi connectivity index (χ4v) is 2.31. The van der Waals surface area contributed by atoms with E-state index in [2.05, 4.69) is 10.3 Å². The zero-order valence-corrected chi connectivity index (χ0v) is 10.4. The van der Waals surface area contributed by atoms with Crippen LogP contribution in [0.1, 0.15) is 4.88 Å². The van der Waals surface area contributed by atoms with Gasteiger partial charge < -0.3 is 5.32 Å². The molecule has 1 heterocycles. The summed E-state index contributed by atoms with van der Waals surface area (Å²) in [4.78, 5) is 5.68. The molecular weight excluding hydrogens is 262 g/mol. The van der Waals surface area contributed by atoms with Crippen molar-refractivity contribution in [3.05, 3.63) is 40.8 Å². The molecule has 2 aromatic rings. The van der Waals surface area contributed by atoms with E-state index in [1.165, 1.54) is 0 Å². The Labute approximate surface area is 106 Å². The van der Waals surface area contributed by atoms with Gasteiger partial charge in [-0.2, -0.15) is 8.78 Å². The van der Waals surface area contributed by atoms with Crippen LogP contribution in [0.2, 0.25) is 0 Å². The topological polar surface area (TPSA) is 24.9 Å². The summed E-state index contributed by atoms with van der Waals surface area (Å²) < 4.78 is 24.2. The number of nitrogens with zero attached hydrogens (tertiary/aromatic N) is 1. The molecule has 2 rings (SSSR count). The fraction of sp³-hybridized carbons (Fsp3) is 0.182. The third-order valence-corrected chi connectivity index (χ3v) is 3.53. The first kappa shape index (κ1) is 12.3. The Morgan fingerprint density at radius 3 is 2.65 bits per heavy atom. The highest BCUT2D eigenvalue weighted by atomic mass is 32.2. The van der Waals surface area contributed by atoms with Gasteiger partial charge in [-0.3, -0.25) is 4.98 Å². The Kier molecular flexibility index (Phi) is 4.33. The lowest BCUT2D eigenvalue weighted by Gasteiger charge is -2.05. The molecule has 0 amide bonds. The van der Waals surface area contributed by atoms with Crippen LogP contribution in [-0.2, 0) is 6.54 Å². The molecule has 17 heavy (non-hydrogen) atoms. The van der Waals surface area contributed by atoms with Gasteiger partial charge in [-0.25, -0.2) is 0 Å². The molecule has 90 valence electrons. The number of aromatic nitrogens is 1. The van der Waals surface area contributed by atoms with Crippen LogP contribution in [0.3, 0.4) is 0 Å². The van der Waals surface area contributed by atoms with Crippen molar-refractivity contribution in [1.82, 2.24) is 4.98 Å². The Bertz CT molecular complexity index is 443. The number of thioether (sulfide) groups is 1. The van der Waals surface area contributed by atoms with Gasteiger partial charge in [0, 0.05) is 21.7 Å². The normalized spacial score (nSPS) is 10.8. The Morgan fingerprint density at radius 1 is 1.29 bits per heavy atom. The van der Waals surface area contributed by atoms with Crippen molar-refractivity contribution in [2.45, 2.75) is 17.2 Å². The Balaban J connectivity index is 1.89. The van der Waals surface area contributed by atoms with Crippen LogP contribution in [0, 0.1) is 0 Å². The zero-order valence-electron chi connectivity index (χ0n) is 8.77. The largest absolute Gasteiger partial charge is 0.380 e. The second-order valence-corrected chi connectivity index (χ2v) is 5.26. The highest BCUT2D eigenvalue weighted by Gasteiger charge is 2.04. The summed E-state index contributed by atoms with van der Waals surface area (Å²) in [6.07, 6.45) is 1.80. The second kappa shape index (κ2) is 5.97. The quantitative estimate of drug-likeness (QED) is 0.830. The first-order valence-electron chi connectivity index (χ1n) is 4.90. The van der Waals surface area contributed by atoms with Crippen LogP contribution in [0.25, 0.3) is 0 Å². The number of hydrogen-bond donors (Lipinski definition) is 1. The predicted molar refractivity (Wildman–Crippen MR) is 67.7 cm³/mol. The van der Waals surface area contributed by atoms with Gasteiger partial charge in [-0.05, 0) is 24.3 Å². The molecule has 0 atom stereocenters. The lowest BCUT2D eigenvalue weighted by Crippen LogP contribution is -1.96. The summed E-state index contributed by atoms with van der Waals surface area (Å²) in [5, 5.41) is 3.20. The van der Waals surface area contributed by atoms with Gasteiger partial charge >= 0.3 is 0 Å². The molecule has 0 saturated heterocycles. The summed E-state index contributed by atoms with van der Waals surface area (Å²) in [7, 11) is 0. The highest BCUT2D eigenvalue weighted by Crippen LogP contribution is 2.26. The van der Waals surface area contributed by atoms with Crippen LogP contribution in [0.15, 0.2) is 40.9 Å². The zero-order chi connectivity index (χ0) is 12.1. The average molecular weight is 272 g/mol. The molecule has 0 fully saturated rings. The Hall–Kier alpha value is -1.14. The summed E-state index contributed by atoms with van der Waals surface area (Å²) in [5.74, 6) is -2.37. The van der Waals surface area contributed by atoms with E-state index in [1.54, 1.807) is 47.3 Å². The molecule has 0 aliphatic rings. The van der Waals surface area contributed by atoms with Crippen LogP contribution >= 0.6 is 23.1 Å². The predicted octanol–water partition coefficient (Wildman–Crippen LogP) is 4.07. The molecule has 0 unspecified atom stereocenters. The smallest absolute Gasteiger partial charge is 0.288 e. The second-order valence-electron chi connectivity index (χ2n) is 3.22. The molecule has 0 bridgehead atoms. The van der Waals surface area contributed by atoms with Crippen LogP contribution in [0.5, 0.6) is 0 Å². The molecule has 0 radical (unpaired) electrons. The Morgan fingerprint density at radius 2 is 2.06 bits per heavy atom. The molecule has 2 nitrogen and oxygen atoms in total. The van der Waals surface area contributed by atoms with E-state index >= 15 is 0 Å². The van der Waals surface area contributed by atoms with Crippen molar-refractivity contribution in [3.63, 3.8) is 0 Å². The van der Waals surface area contributed by atoms with Gasteiger partial charge in [0.05, 0.1) is 12.1 Å². The minimum Gasteiger partial charge on any atom is -0.380 e. The summed E-state index contributed by atoms with van der Waals surface area (Å²) >= 11 is 2.13. The van der Waals surface area contributed by atoms with E-state index in [4.69, 9.17) is 0 Å². The van der Waals surface area contributed by atoms with Gasteiger partial charge in [0.25, 0.3) is 5.76 Å². The van der Waals surface area contributed by atoms with Crippen molar-refractivity contribution >= 4 is 28.8 Å². The van der Waals surface area contributed by atoms with Crippen molar-refractivity contribution in [1.29, 1.82) is 0 Å². The lowest BCUT2D eigenvalue weighted by molar-refractivity contribution is 0.252. The number of halogens is 2. The SMILES string of the molecule is FC(F)Sc1ccc(NCc2cncs2)cc1. The molecule has 1 aromatic heterocycles.